The molecule has 0 bridgehead atoms. The minimum atomic E-state index is -0.621. The number of rotatable bonds is 5. The second-order valence-corrected chi connectivity index (χ2v) is 5.42. The standard InChI is InChI=1S/C16H23NO3/c1-4-12-9-10-16(11-12,15(18)20-3)17-13-7-5-6-8-14(13)19-2/h5-8,12,17H,4,9-11H2,1-3H3. The molecule has 1 aliphatic carbocycles. The van der Waals surface area contributed by atoms with Crippen LogP contribution in [0.15, 0.2) is 24.3 Å². The summed E-state index contributed by atoms with van der Waals surface area (Å²) in [5.41, 5.74) is 0.224. The number of benzene rings is 1. The van der Waals surface area contributed by atoms with E-state index in [2.05, 4.69) is 12.2 Å². The Morgan fingerprint density at radius 3 is 2.75 bits per heavy atom. The molecule has 2 unspecified atom stereocenters. The van der Waals surface area contributed by atoms with E-state index in [9.17, 15) is 4.79 Å². The molecule has 1 fully saturated rings. The van der Waals surface area contributed by atoms with Crippen LogP contribution in [0.2, 0.25) is 0 Å². The summed E-state index contributed by atoms with van der Waals surface area (Å²) in [6.45, 7) is 2.17. The molecule has 4 heteroatoms. The van der Waals surface area contributed by atoms with E-state index in [1.54, 1.807) is 7.11 Å². The summed E-state index contributed by atoms with van der Waals surface area (Å²) in [7, 11) is 3.09. The van der Waals surface area contributed by atoms with Crippen LogP contribution in [0.5, 0.6) is 5.75 Å². The predicted octanol–water partition coefficient (Wildman–Crippen LogP) is 3.23. The van der Waals surface area contributed by atoms with Crippen LogP contribution in [-0.2, 0) is 9.53 Å². The van der Waals surface area contributed by atoms with E-state index in [-0.39, 0.29) is 5.97 Å². The molecule has 0 aliphatic heterocycles. The number of ether oxygens (including phenoxy) is 2. The Labute approximate surface area is 120 Å². The third kappa shape index (κ3) is 2.74. The molecule has 1 aliphatic rings. The molecule has 4 nitrogen and oxygen atoms in total. The lowest BCUT2D eigenvalue weighted by molar-refractivity contribution is -0.145. The van der Waals surface area contributed by atoms with Gasteiger partial charge in [-0.3, -0.25) is 0 Å². The Hall–Kier alpha value is -1.71. The van der Waals surface area contributed by atoms with E-state index in [0.29, 0.717) is 5.92 Å². The topological polar surface area (TPSA) is 47.6 Å². The highest BCUT2D eigenvalue weighted by molar-refractivity contribution is 5.85. The number of anilines is 1. The van der Waals surface area contributed by atoms with Gasteiger partial charge >= 0.3 is 5.97 Å². The number of para-hydroxylation sites is 2. The van der Waals surface area contributed by atoms with Gasteiger partial charge < -0.3 is 14.8 Å². The first-order valence-corrected chi connectivity index (χ1v) is 7.15. The maximum Gasteiger partial charge on any atom is 0.331 e. The Balaban J connectivity index is 2.27. The van der Waals surface area contributed by atoms with E-state index in [1.165, 1.54) is 7.11 Å². The largest absolute Gasteiger partial charge is 0.495 e. The van der Waals surface area contributed by atoms with Crippen molar-refractivity contribution < 1.29 is 14.3 Å². The maximum atomic E-state index is 12.3. The van der Waals surface area contributed by atoms with Crippen LogP contribution < -0.4 is 10.1 Å². The molecule has 1 aromatic carbocycles. The first-order chi connectivity index (χ1) is 9.65. The van der Waals surface area contributed by atoms with E-state index in [0.717, 1.165) is 37.1 Å². The van der Waals surface area contributed by atoms with Crippen molar-refractivity contribution in [3.05, 3.63) is 24.3 Å². The van der Waals surface area contributed by atoms with Crippen molar-refractivity contribution in [3.8, 4) is 5.75 Å². The van der Waals surface area contributed by atoms with Crippen molar-refractivity contribution in [3.63, 3.8) is 0 Å². The average Bonchev–Trinajstić information content (AvgIpc) is 2.91. The van der Waals surface area contributed by atoms with Gasteiger partial charge in [0.2, 0.25) is 0 Å². The van der Waals surface area contributed by atoms with Gasteiger partial charge in [0.25, 0.3) is 0 Å². The van der Waals surface area contributed by atoms with Crippen molar-refractivity contribution in [1.29, 1.82) is 0 Å². The molecule has 0 aromatic heterocycles. The zero-order chi connectivity index (χ0) is 14.6. The van der Waals surface area contributed by atoms with Gasteiger partial charge in [-0.15, -0.1) is 0 Å². The zero-order valence-corrected chi connectivity index (χ0v) is 12.4. The monoisotopic (exact) mass is 277 g/mol. The van der Waals surface area contributed by atoms with Crippen LogP contribution in [0.1, 0.15) is 32.6 Å². The van der Waals surface area contributed by atoms with Crippen LogP contribution in [0.3, 0.4) is 0 Å². The minimum absolute atomic E-state index is 0.181. The van der Waals surface area contributed by atoms with E-state index < -0.39 is 5.54 Å². The highest BCUT2D eigenvalue weighted by atomic mass is 16.5. The summed E-state index contributed by atoms with van der Waals surface area (Å²) < 4.78 is 10.4. The molecule has 0 radical (unpaired) electrons. The number of esters is 1. The molecule has 1 saturated carbocycles. The Morgan fingerprint density at radius 1 is 1.40 bits per heavy atom. The third-order valence-electron chi connectivity index (χ3n) is 4.25. The normalized spacial score (nSPS) is 25.2. The lowest BCUT2D eigenvalue weighted by Gasteiger charge is -2.29. The molecule has 2 atom stereocenters. The molecule has 0 amide bonds. The molecule has 0 heterocycles. The number of nitrogens with one attached hydrogen (secondary N) is 1. The van der Waals surface area contributed by atoms with Gasteiger partial charge in [0.05, 0.1) is 19.9 Å². The molecule has 0 saturated heterocycles. The number of hydrogen-bond acceptors (Lipinski definition) is 4. The van der Waals surface area contributed by atoms with Crippen LogP contribution >= 0.6 is 0 Å². The Kier molecular flexibility index (Phi) is 4.53. The predicted molar refractivity (Wildman–Crippen MR) is 79.0 cm³/mol. The van der Waals surface area contributed by atoms with Crippen LogP contribution in [0, 0.1) is 5.92 Å². The van der Waals surface area contributed by atoms with Gasteiger partial charge in [-0.2, -0.15) is 0 Å². The quantitative estimate of drug-likeness (QED) is 0.839. The van der Waals surface area contributed by atoms with Gasteiger partial charge in [0.1, 0.15) is 11.3 Å². The summed E-state index contributed by atoms with van der Waals surface area (Å²) in [4.78, 5) is 12.3. The smallest absolute Gasteiger partial charge is 0.331 e. The van der Waals surface area contributed by atoms with Crippen molar-refractivity contribution in [2.75, 3.05) is 19.5 Å². The van der Waals surface area contributed by atoms with Gasteiger partial charge in [0, 0.05) is 0 Å². The maximum absolute atomic E-state index is 12.3. The first-order valence-electron chi connectivity index (χ1n) is 7.15. The van der Waals surface area contributed by atoms with Gasteiger partial charge in [-0.1, -0.05) is 25.5 Å². The molecule has 20 heavy (non-hydrogen) atoms. The fraction of sp³-hybridized carbons (Fsp3) is 0.562. The third-order valence-corrected chi connectivity index (χ3v) is 4.25. The Morgan fingerprint density at radius 2 is 2.15 bits per heavy atom. The number of carbonyl (C=O) groups excluding carboxylic acids is 1. The van der Waals surface area contributed by atoms with Crippen molar-refractivity contribution in [2.45, 2.75) is 38.1 Å². The highest BCUT2D eigenvalue weighted by Gasteiger charge is 2.46. The Bertz CT molecular complexity index is 475. The molecule has 0 spiro atoms. The van der Waals surface area contributed by atoms with E-state index in [1.807, 2.05) is 24.3 Å². The van der Waals surface area contributed by atoms with Crippen LogP contribution in [0.25, 0.3) is 0 Å². The van der Waals surface area contributed by atoms with Crippen molar-refractivity contribution >= 4 is 11.7 Å². The lowest BCUT2D eigenvalue weighted by Crippen LogP contribution is -2.45. The van der Waals surface area contributed by atoms with Crippen LogP contribution in [-0.4, -0.2) is 25.7 Å². The average molecular weight is 277 g/mol. The fourth-order valence-electron chi connectivity index (χ4n) is 3.05. The number of hydrogen-bond donors (Lipinski definition) is 1. The highest BCUT2D eigenvalue weighted by Crippen LogP contribution is 2.41. The SMILES string of the molecule is CCC1CCC(Nc2ccccc2OC)(C(=O)OC)C1. The summed E-state index contributed by atoms with van der Waals surface area (Å²) >= 11 is 0. The second kappa shape index (κ2) is 6.16. The summed E-state index contributed by atoms with van der Waals surface area (Å²) in [6, 6.07) is 7.67. The molecular weight excluding hydrogens is 254 g/mol. The lowest BCUT2D eigenvalue weighted by atomic mass is 9.94. The fourth-order valence-corrected chi connectivity index (χ4v) is 3.05. The van der Waals surface area contributed by atoms with Crippen molar-refractivity contribution in [1.82, 2.24) is 0 Å². The molecule has 2 rings (SSSR count). The molecule has 110 valence electrons. The van der Waals surface area contributed by atoms with Gasteiger partial charge in [-0.05, 0) is 37.3 Å². The first kappa shape index (κ1) is 14.7. The van der Waals surface area contributed by atoms with Gasteiger partial charge in [-0.25, -0.2) is 4.79 Å². The van der Waals surface area contributed by atoms with E-state index in [4.69, 9.17) is 9.47 Å². The number of carbonyl (C=O) groups is 1. The van der Waals surface area contributed by atoms with Crippen LogP contribution in [0.4, 0.5) is 5.69 Å². The van der Waals surface area contributed by atoms with E-state index >= 15 is 0 Å². The minimum Gasteiger partial charge on any atom is -0.495 e. The molecule has 1 aromatic rings. The summed E-state index contributed by atoms with van der Waals surface area (Å²) in [5, 5.41) is 3.39. The summed E-state index contributed by atoms with van der Waals surface area (Å²) in [5.74, 6) is 1.13. The number of methoxy groups -OCH3 is 2. The second-order valence-electron chi connectivity index (χ2n) is 5.42. The molecular formula is C16H23NO3. The van der Waals surface area contributed by atoms with Crippen molar-refractivity contribution in [2.24, 2.45) is 5.92 Å². The molecule has 1 N–H and O–H groups in total. The van der Waals surface area contributed by atoms with Gasteiger partial charge in [0.15, 0.2) is 0 Å². The summed E-state index contributed by atoms with van der Waals surface area (Å²) in [6.07, 6.45) is 3.75. The zero-order valence-electron chi connectivity index (χ0n) is 12.4.